The number of unbranched alkanes of at least 4 members (excludes halogenated alkanes) is 5. The van der Waals surface area contributed by atoms with Gasteiger partial charge in [0.25, 0.3) is 5.79 Å². The fourth-order valence-corrected chi connectivity index (χ4v) is 10.3. The molecule has 0 aliphatic carbocycles. The molecule has 34 heteroatoms. The summed E-state index contributed by atoms with van der Waals surface area (Å²) in [6, 6.07) is -4.77. The van der Waals surface area contributed by atoms with Crippen LogP contribution in [0.15, 0.2) is 0 Å². The molecular weight excluding hydrogens is 1130 g/mol. The van der Waals surface area contributed by atoms with Gasteiger partial charge >= 0.3 is 11.9 Å². The number of ether oxygens (including phenoxy) is 11. The first kappa shape index (κ1) is 70.2. The summed E-state index contributed by atoms with van der Waals surface area (Å²) in [4.78, 5) is 62.0. The van der Waals surface area contributed by atoms with Crippen molar-refractivity contribution in [3.63, 3.8) is 0 Å². The zero-order valence-electron chi connectivity index (χ0n) is 46.1. The molecule has 18 N–H and O–H groups in total. The number of rotatable bonds is 29. The number of aliphatic hydroxyl groups excluding tert-OH is 14. The van der Waals surface area contributed by atoms with Crippen molar-refractivity contribution in [3.8, 4) is 0 Å². The Morgan fingerprint density at radius 1 is 0.554 bits per heavy atom. The molecule has 0 saturated carbocycles. The van der Waals surface area contributed by atoms with Crippen LogP contribution in [0.1, 0.15) is 72.1 Å². The van der Waals surface area contributed by atoms with E-state index in [1.807, 2.05) is 0 Å². The summed E-state index contributed by atoms with van der Waals surface area (Å²) in [6.45, 7) is -1.72. The summed E-state index contributed by atoms with van der Waals surface area (Å²) in [5.41, 5.74) is 0. The number of amides is 3. The number of hydrogen-bond acceptors (Lipinski definition) is 30. The number of hydrogen-bond donors (Lipinski definition) is 18. The maximum atomic E-state index is 13.0. The lowest BCUT2D eigenvalue weighted by Gasteiger charge is -2.51. The van der Waals surface area contributed by atoms with E-state index in [1.54, 1.807) is 0 Å². The third-order valence-electron chi connectivity index (χ3n) is 14.7. The SMILES string of the molecule is COC(=O)CCCCCCCCO[C@H]1O[C@H](CO[C@@H]2O[C@H](CO)[C@@H](O[C@@H]3O[C@H](CO)[C@H](O)[C@H](O[C@]4(C(=O)O)C[C@H](O)[C@@H](NC(C)=O)[C@H]([C@H](O)[C@H](O)CO)O4)[C@H]3O)[C@H](O)[C@H]2NC(C)=O)[C@H](O)[C@H](O[C@@H]2O[C@H](CO)[C@H](O)[C@H](O)[C@H]2O)[C@H]1NC(C)=O. The number of carboxylic acid groups (broad SMARTS) is 1. The highest BCUT2D eigenvalue weighted by Crippen LogP contribution is 2.39. The van der Waals surface area contributed by atoms with Gasteiger partial charge in [-0.1, -0.05) is 25.7 Å². The molecule has 5 aliphatic rings. The summed E-state index contributed by atoms with van der Waals surface area (Å²) < 4.78 is 63.5. The number of carbonyl (C=O) groups excluding carboxylic acids is 4. The van der Waals surface area contributed by atoms with Crippen molar-refractivity contribution in [2.45, 2.75) is 231 Å². The van der Waals surface area contributed by atoms with Crippen LogP contribution in [0, 0.1) is 0 Å². The van der Waals surface area contributed by atoms with Crippen LogP contribution < -0.4 is 16.0 Å². The van der Waals surface area contributed by atoms with E-state index in [0.29, 0.717) is 19.3 Å². The van der Waals surface area contributed by atoms with Gasteiger partial charge in [-0.05, 0) is 12.8 Å². The van der Waals surface area contributed by atoms with E-state index in [4.69, 9.17) is 47.4 Å². The molecule has 83 heavy (non-hydrogen) atoms. The zero-order chi connectivity index (χ0) is 61.6. The van der Waals surface area contributed by atoms with Gasteiger partial charge in [-0.25, -0.2) is 4.79 Å². The molecule has 5 heterocycles. The Balaban J connectivity index is 1.38. The highest BCUT2D eigenvalue weighted by atomic mass is 16.8. The van der Waals surface area contributed by atoms with E-state index >= 15 is 0 Å². The van der Waals surface area contributed by atoms with Crippen molar-refractivity contribution in [2.75, 3.05) is 46.8 Å². The lowest BCUT2D eigenvalue weighted by Crippen LogP contribution is -2.71. The van der Waals surface area contributed by atoms with Gasteiger partial charge < -0.3 is 145 Å². The topological polar surface area (TPSA) is 526 Å². The molecule has 0 spiro atoms. The average Bonchev–Trinajstić information content (AvgIpc) is 2.98. The molecule has 26 atom stereocenters. The average molecular weight is 1210 g/mol. The van der Waals surface area contributed by atoms with Gasteiger partial charge in [0, 0.05) is 40.2 Å². The Bertz CT molecular complexity index is 2050. The van der Waals surface area contributed by atoms with Crippen LogP contribution in [0.5, 0.6) is 0 Å². The van der Waals surface area contributed by atoms with Gasteiger partial charge in [0.1, 0.15) is 116 Å². The van der Waals surface area contributed by atoms with Crippen molar-refractivity contribution < 1.29 is 153 Å². The maximum absolute atomic E-state index is 13.0. The first-order valence-electron chi connectivity index (χ1n) is 27.1. The molecule has 34 nitrogen and oxygen atoms in total. The number of aliphatic carboxylic acids is 1. The van der Waals surface area contributed by atoms with Crippen molar-refractivity contribution in [3.05, 3.63) is 0 Å². The van der Waals surface area contributed by atoms with Crippen LogP contribution in [-0.2, 0) is 76.1 Å². The number of methoxy groups -OCH3 is 1. The van der Waals surface area contributed by atoms with E-state index < -0.39 is 222 Å². The van der Waals surface area contributed by atoms with Gasteiger partial charge in [-0.3, -0.25) is 19.2 Å². The normalized spacial score (nSPS) is 40.1. The quantitative estimate of drug-likeness (QED) is 0.0244. The Kier molecular flexibility index (Phi) is 27.4. The molecule has 0 radical (unpaired) electrons. The minimum atomic E-state index is -3.17. The largest absolute Gasteiger partial charge is 0.477 e. The second-order valence-corrected chi connectivity index (χ2v) is 20.9. The molecular formula is C49H83N3O31. The second kappa shape index (κ2) is 32.4. The smallest absolute Gasteiger partial charge is 0.364 e. The Morgan fingerprint density at radius 2 is 1.06 bits per heavy atom. The highest BCUT2D eigenvalue weighted by Gasteiger charge is 2.61. The van der Waals surface area contributed by atoms with E-state index in [-0.39, 0.29) is 19.0 Å². The molecule has 0 unspecified atom stereocenters. The summed E-state index contributed by atoms with van der Waals surface area (Å²) in [6.07, 6.45) is -39.2. The van der Waals surface area contributed by atoms with Crippen molar-refractivity contribution in [1.29, 1.82) is 0 Å². The monoisotopic (exact) mass is 1210 g/mol. The first-order valence-corrected chi connectivity index (χ1v) is 27.1. The number of aliphatic hydroxyl groups is 14. The third-order valence-corrected chi connectivity index (χ3v) is 14.7. The van der Waals surface area contributed by atoms with Gasteiger partial charge in [0.2, 0.25) is 17.7 Å². The van der Waals surface area contributed by atoms with Gasteiger partial charge in [0.05, 0.1) is 52.3 Å². The Labute approximate surface area is 475 Å². The van der Waals surface area contributed by atoms with Gasteiger partial charge in [-0.2, -0.15) is 0 Å². The lowest BCUT2D eigenvalue weighted by atomic mass is 9.88. The van der Waals surface area contributed by atoms with Crippen LogP contribution in [-0.4, -0.2) is 312 Å². The van der Waals surface area contributed by atoms with Crippen LogP contribution in [0.4, 0.5) is 0 Å². The summed E-state index contributed by atoms with van der Waals surface area (Å²) in [5, 5.41) is 170. The van der Waals surface area contributed by atoms with E-state index in [0.717, 1.165) is 40.0 Å². The molecule has 0 aromatic heterocycles. The third kappa shape index (κ3) is 17.8. The molecule has 5 saturated heterocycles. The van der Waals surface area contributed by atoms with E-state index in [9.17, 15) is 101 Å². The fraction of sp³-hybridized carbons (Fsp3) is 0.898. The predicted octanol–water partition coefficient (Wildman–Crippen LogP) is -9.36. The number of carboxylic acids is 1. The molecule has 0 aromatic rings. The zero-order valence-corrected chi connectivity index (χ0v) is 46.1. The molecule has 5 aliphatic heterocycles. The summed E-state index contributed by atoms with van der Waals surface area (Å²) in [5.74, 6) is -7.85. The number of nitrogens with one attached hydrogen (secondary N) is 3. The molecule has 3 amide bonds. The molecule has 0 aromatic carbocycles. The maximum Gasteiger partial charge on any atom is 0.364 e. The summed E-state index contributed by atoms with van der Waals surface area (Å²) >= 11 is 0. The van der Waals surface area contributed by atoms with Crippen LogP contribution in [0.3, 0.4) is 0 Å². The van der Waals surface area contributed by atoms with Crippen molar-refractivity contribution >= 4 is 29.7 Å². The molecule has 480 valence electrons. The Morgan fingerprint density at radius 3 is 1.64 bits per heavy atom. The van der Waals surface area contributed by atoms with Crippen LogP contribution in [0.25, 0.3) is 0 Å². The summed E-state index contributed by atoms with van der Waals surface area (Å²) in [7, 11) is 1.30. The molecule has 0 bridgehead atoms. The van der Waals surface area contributed by atoms with Crippen molar-refractivity contribution in [2.24, 2.45) is 0 Å². The minimum absolute atomic E-state index is 0.00946. The van der Waals surface area contributed by atoms with Crippen molar-refractivity contribution in [1.82, 2.24) is 16.0 Å². The van der Waals surface area contributed by atoms with E-state index in [1.165, 1.54) is 7.11 Å². The molecule has 5 rings (SSSR count). The van der Waals surface area contributed by atoms with Crippen LogP contribution >= 0.6 is 0 Å². The highest BCUT2D eigenvalue weighted by molar-refractivity contribution is 5.77. The molecule has 5 fully saturated rings. The van der Waals surface area contributed by atoms with E-state index in [2.05, 4.69) is 20.7 Å². The Hall–Kier alpha value is -3.61. The first-order chi connectivity index (χ1) is 39.3. The van der Waals surface area contributed by atoms with Crippen LogP contribution in [0.2, 0.25) is 0 Å². The number of carbonyl (C=O) groups is 5. The minimum Gasteiger partial charge on any atom is -0.477 e. The van der Waals surface area contributed by atoms with Gasteiger partial charge in [0.15, 0.2) is 25.2 Å². The fourth-order valence-electron chi connectivity index (χ4n) is 10.3. The standard InChI is InChI=1S/C49H83N3O31/c1-19(57)50-29-22(60)13-49(48(71)72,82-42(29)32(63)23(61)14-53)83-43-34(65)25(16-55)77-47(39(43)70)80-40-26(17-56)78-44(30(36(40)67)51-20(2)58)75-18-27-35(66)41(81-46-38(69)37(68)33(64)24(15-54)76-46)31(52-21(3)59)45(79-27)74-12-10-8-6-5-7-9-11-28(62)73-4/h22-27,29-47,53-56,60-61,63-70H,5-18H2,1-4H3,(H,50,57)(H,51,58)(H,52,59)(H,71,72)/t22-,23+,24+,25+,26+,27+,29+,30+,31+,32+,33-,34-,35-,36+,37-,38+,39+,40+,41+,42+,43-,44+,45-,46-,47-,49-/m0/s1. The number of esters is 1. The predicted molar refractivity (Wildman–Crippen MR) is 267 cm³/mol. The second-order valence-electron chi connectivity index (χ2n) is 20.9. The lowest BCUT2D eigenvalue weighted by molar-refractivity contribution is -0.383. The van der Waals surface area contributed by atoms with Gasteiger partial charge in [-0.15, -0.1) is 0 Å².